The molecule has 1 aliphatic carbocycles. The van der Waals surface area contributed by atoms with Crippen LogP contribution in [0.2, 0.25) is 0 Å². The number of hydrogen-bond donors (Lipinski definition) is 1. The van der Waals surface area contributed by atoms with Gasteiger partial charge in [-0.25, -0.2) is 4.98 Å². The Hall–Kier alpha value is -0.610. The van der Waals surface area contributed by atoms with Crippen LogP contribution in [0.25, 0.3) is 0 Å². The fourth-order valence-corrected chi connectivity index (χ4v) is 2.90. The van der Waals surface area contributed by atoms with Gasteiger partial charge in [0.15, 0.2) is 0 Å². The Morgan fingerprint density at radius 3 is 2.70 bits per heavy atom. The highest BCUT2D eigenvalue weighted by Crippen LogP contribution is 2.28. The Labute approximate surface area is 130 Å². The van der Waals surface area contributed by atoms with Gasteiger partial charge in [0.2, 0.25) is 5.88 Å². The zero-order valence-corrected chi connectivity index (χ0v) is 14.2. The van der Waals surface area contributed by atoms with E-state index >= 15 is 0 Å². The summed E-state index contributed by atoms with van der Waals surface area (Å²) in [6, 6.07) is 2.56. The van der Waals surface area contributed by atoms with E-state index in [0.29, 0.717) is 12.1 Å². The molecule has 0 atom stereocenters. The monoisotopic (exact) mass is 340 g/mol. The SMILES string of the molecule is CC1CCC(Oc2ncc(Br)cc2CNC(C)C)CC1. The molecule has 0 saturated heterocycles. The molecule has 0 aromatic carbocycles. The summed E-state index contributed by atoms with van der Waals surface area (Å²) in [6.07, 6.45) is 6.98. The van der Waals surface area contributed by atoms with E-state index in [0.717, 1.165) is 41.2 Å². The summed E-state index contributed by atoms with van der Waals surface area (Å²) in [4.78, 5) is 4.46. The summed E-state index contributed by atoms with van der Waals surface area (Å²) in [5, 5.41) is 3.43. The van der Waals surface area contributed by atoms with Crippen molar-refractivity contribution in [3.63, 3.8) is 0 Å². The Morgan fingerprint density at radius 2 is 2.05 bits per heavy atom. The van der Waals surface area contributed by atoms with Gasteiger partial charge in [0.25, 0.3) is 0 Å². The molecule has 0 spiro atoms. The standard InChI is InChI=1S/C16H25BrN2O/c1-11(2)18-9-13-8-14(17)10-19-16(13)20-15-6-4-12(3)5-7-15/h8,10-12,15,18H,4-7,9H2,1-3H3. The van der Waals surface area contributed by atoms with Gasteiger partial charge in [0.05, 0.1) is 0 Å². The van der Waals surface area contributed by atoms with Crippen LogP contribution in [-0.4, -0.2) is 17.1 Å². The van der Waals surface area contributed by atoms with Gasteiger partial charge in [-0.05, 0) is 53.6 Å². The molecule has 1 heterocycles. The van der Waals surface area contributed by atoms with Crippen LogP contribution in [-0.2, 0) is 6.54 Å². The number of pyridine rings is 1. The maximum absolute atomic E-state index is 6.15. The summed E-state index contributed by atoms with van der Waals surface area (Å²) in [5.41, 5.74) is 1.13. The zero-order chi connectivity index (χ0) is 14.5. The van der Waals surface area contributed by atoms with E-state index in [4.69, 9.17) is 4.74 Å². The Bertz CT molecular complexity index is 428. The second-order valence-corrected chi connectivity index (χ2v) is 7.07. The Balaban J connectivity index is 2.02. The first-order valence-electron chi connectivity index (χ1n) is 7.59. The van der Waals surface area contributed by atoms with Crippen LogP contribution in [0.15, 0.2) is 16.7 Å². The molecule has 1 fully saturated rings. The lowest BCUT2D eigenvalue weighted by atomic mass is 9.89. The quantitative estimate of drug-likeness (QED) is 0.867. The maximum atomic E-state index is 6.15. The average Bonchev–Trinajstić information content (AvgIpc) is 2.41. The fourth-order valence-electron chi connectivity index (χ4n) is 2.52. The lowest BCUT2D eigenvalue weighted by Crippen LogP contribution is -2.26. The maximum Gasteiger partial charge on any atom is 0.218 e. The minimum absolute atomic E-state index is 0.331. The van der Waals surface area contributed by atoms with Crippen molar-refractivity contribution in [3.05, 3.63) is 22.3 Å². The van der Waals surface area contributed by atoms with Gasteiger partial charge < -0.3 is 10.1 Å². The largest absolute Gasteiger partial charge is 0.474 e. The van der Waals surface area contributed by atoms with Crippen molar-refractivity contribution < 1.29 is 4.74 Å². The summed E-state index contributed by atoms with van der Waals surface area (Å²) in [6.45, 7) is 7.41. The van der Waals surface area contributed by atoms with E-state index in [9.17, 15) is 0 Å². The fraction of sp³-hybridized carbons (Fsp3) is 0.688. The molecule has 20 heavy (non-hydrogen) atoms. The minimum Gasteiger partial charge on any atom is -0.474 e. The Kier molecular flexibility index (Phi) is 5.85. The number of aromatic nitrogens is 1. The summed E-state index contributed by atoms with van der Waals surface area (Å²) >= 11 is 3.49. The van der Waals surface area contributed by atoms with Crippen LogP contribution < -0.4 is 10.1 Å². The molecule has 0 unspecified atom stereocenters. The highest BCUT2D eigenvalue weighted by Gasteiger charge is 2.21. The zero-order valence-electron chi connectivity index (χ0n) is 12.7. The molecule has 1 saturated carbocycles. The summed E-state index contributed by atoms with van der Waals surface area (Å²) in [5.74, 6) is 1.63. The third-order valence-corrected chi connectivity index (χ3v) is 4.27. The molecule has 0 aliphatic heterocycles. The van der Waals surface area contributed by atoms with Gasteiger partial charge in [-0.15, -0.1) is 0 Å². The third kappa shape index (κ3) is 4.74. The van der Waals surface area contributed by atoms with Gasteiger partial charge >= 0.3 is 0 Å². The van der Waals surface area contributed by atoms with E-state index < -0.39 is 0 Å². The van der Waals surface area contributed by atoms with Crippen molar-refractivity contribution in [2.24, 2.45) is 5.92 Å². The van der Waals surface area contributed by atoms with Gasteiger partial charge in [0, 0.05) is 28.8 Å². The van der Waals surface area contributed by atoms with Crippen LogP contribution in [0.4, 0.5) is 0 Å². The molecular weight excluding hydrogens is 316 g/mol. The number of ether oxygens (including phenoxy) is 1. The smallest absolute Gasteiger partial charge is 0.218 e. The topological polar surface area (TPSA) is 34.1 Å². The van der Waals surface area contributed by atoms with Crippen LogP contribution in [0.3, 0.4) is 0 Å². The second kappa shape index (κ2) is 7.41. The van der Waals surface area contributed by atoms with Crippen molar-refractivity contribution >= 4 is 15.9 Å². The third-order valence-electron chi connectivity index (χ3n) is 3.83. The predicted octanol–water partition coefficient (Wildman–Crippen LogP) is 4.30. The van der Waals surface area contributed by atoms with Crippen LogP contribution in [0, 0.1) is 5.92 Å². The predicted molar refractivity (Wildman–Crippen MR) is 86.0 cm³/mol. The highest BCUT2D eigenvalue weighted by atomic mass is 79.9. The van der Waals surface area contributed by atoms with E-state index in [1.54, 1.807) is 0 Å². The first kappa shape index (κ1) is 15.8. The lowest BCUT2D eigenvalue weighted by molar-refractivity contribution is 0.128. The molecule has 0 radical (unpaired) electrons. The van der Waals surface area contributed by atoms with Gasteiger partial charge in [-0.3, -0.25) is 0 Å². The van der Waals surface area contributed by atoms with Crippen LogP contribution in [0.5, 0.6) is 5.88 Å². The first-order chi connectivity index (χ1) is 9.54. The van der Waals surface area contributed by atoms with Crippen molar-refractivity contribution in [2.45, 2.75) is 65.1 Å². The molecule has 1 aromatic rings. The van der Waals surface area contributed by atoms with Crippen molar-refractivity contribution in [1.29, 1.82) is 0 Å². The lowest BCUT2D eigenvalue weighted by Gasteiger charge is -2.27. The molecule has 1 aliphatic rings. The van der Waals surface area contributed by atoms with Crippen LogP contribution >= 0.6 is 15.9 Å². The van der Waals surface area contributed by atoms with Crippen LogP contribution in [0.1, 0.15) is 52.0 Å². The number of rotatable bonds is 5. The van der Waals surface area contributed by atoms with Crippen molar-refractivity contribution in [3.8, 4) is 5.88 Å². The number of nitrogens with one attached hydrogen (secondary N) is 1. The molecule has 2 rings (SSSR count). The Morgan fingerprint density at radius 1 is 1.35 bits per heavy atom. The van der Waals surface area contributed by atoms with Gasteiger partial charge in [-0.2, -0.15) is 0 Å². The average molecular weight is 341 g/mol. The van der Waals surface area contributed by atoms with Crippen molar-refractivity contribution in [2.75, 3.05) is 0 Å². The number of nitrogens with zero attached hydrogens (tertiary/aromatic N) is 1. The molecule has 0 bridgehead atoms. The molecule has 1 aromatic heterocycles. The van der Waals surface area contributed by atoms with E-state index in [2.05, 4.69) is 53.1 Å². The molecule has 4 heteroatoms. The van der Waals surface area contributed by atoms with E-state index in [1.807, 2.05) is 6.20 Å². The highest BCUT2D eigenvalue weighted by molar-refractivity contribution is 9.10. The summed E-state index contributed by atoms with van der Waals surface area (Å²) in [7, 11) is 0. The minimum atomic E-state index is 0.331. The number of halogens is 1. The van der Waals surface area contributed by atoms with Gasteiger partial charge in [0.1, 0.15) is 6.10 Å². The molecule has 112 valence electrons. The number of hydrogen-bond acceptors (Lipinski definition) is 3. The molecular formula is C16H25BrN2O. The second-order valence-electron chi connectivity index (χ2n) is 6.15. The molecule has 0 amide bonds. The van der Waals surface area contributed by atoms with Crippen molar-refractivity contribution in [1.82, 2.24) is 10.3 Å². The van der Waals surface area contributed by atoms with E-state index in [-0.39, 0.29) is 0 Å². The normalized spacial score (nSPS) is 23.1. The molecule has 3 nitrogen and oxygen atoms in total. The first-order valence-corrected chi connectivity index (χ1v) is 8.38. The summed E-state index contributed by atoms with van der Waals surface area (Å²) < 4.78 is 7.15. The van der Waals surface area contributed by atoms with E-state index in [1.165, 1.54) is 12.8 Å². The molecule has 1 N–H and O–H groups in total. The van der Waals surface area contributed by atoms with Gasteiger partial charge in [-0.1, -0.05) is 20.8 Å².